The molecule has 0 fully saturated rings. The highest BCUT2D eigenvalue weighted by atomic mass is 16.1. The van der Waals surface area contributed by atoms with Crippen molar-refractivity contribution in [3.8, 4) is 0 Å². The maximum atomic E-state index is 11.2. The van der Waals surface area contributed by atoms with E-state index in [9.17, 15) is 4.79 Å². The van der Waals surface area contributed by atoms with Crippen LogP contribution in [0.25, 0.3) is 0 Å². The van der Waals surface area contributed by atoms with Crippen LogP contribution in [0.4, 0.5) is 0 Å². The van der Waals surface area contributed by atoms with Gasteiger partial charge in [-0.2, -0.15) is 0 Å². The summed E-state index contributed by atoms with van der Waals surface area (Å²) in [5.74, 6) is 0.354. The SMILES string of the molecule is CCCCCCCCCCCCC(=O)CNC. The first-order valence-electron chi connectivity index (χ1n) is 7.47. The second kappa shape index (κ2) is 13.7. The van der Waals surface area contributed by atoms with E-state index in [0.717, 1.165) is 12.8 Å². The van der Waals surface area contributed by atoms with E-state index in [2.05, 4.69) is 12.2 Å². The lowest BCUT2D eigenvalue weighted by Gasteiger charge is -2.02. The van der Waals surface area contributed by atoms with Crippen molar-refractivity contribution in [1.29, 1.82) is 0 Å². The van der Waals surface area contributed by atoms with Crippen LogP contribution in [0.5, 0.6) is 0 Å². The van der Waals surface area contributed by atoms with Gasteiger partial charge in [0.05, 0.1) is 6.54 Å². The van der Waals surface area contributed by atoms with Crippen LogP contribution < -0.4 is 5.32 Å². The molecule has 0 rings (SSSR count). The standard InChI is InChI=1S/C15H31NO/c1-3-4-5-6-7-8-9-10-11-12-13-15(17)14-16-2/h16H,3-14H2,1-2H3. The minimum absolute atomic E-state index is 0.354. The second-order valence-corrected chi connectivity index (χ2v) is 5.00. The fraction of sp³-hybridized carbons (Fsp3) is 0.933. The molecule has 0 aliphatic heterocycles. The molecule has 0 bridgehead atoms. The van der Waals surface area contributed by atoms with Crippen molar-refractivity contribution in [2.45, 2.75) is 77.6 Å². The van der Waals surface area contributed by atoms with Crippen molar-refractivity contribution in [2.75, 3.05) is 13.6 Å². The molecule has 0 aromatic rings. The van der Waals surface area contributed by atoms with Gasteiger partial charge in [0.25, 0.3) is 0 Å². The molecule has 0 aliphatic carbocycles. The zero-order valence-corrected chi connectivity index (χ0v) is 11.9. The van der Waals surface area contributed by atoms with Gasteiger partial charge in [0.15, 0.2) is 0 Å². The summed E-state index contributed by atoms with van der Waals surface area (Å²) in [5.41, 5.74) is 0. The van der Waals surface area contributed by atoms with E-state index in [1.165, 1.54) is 57.8 Å². The van der Waals surface area contributed by atoms with Gasteiger partial charge in [-0.15, -0.1) is 0 Å². The summed E-state index contributed by atoms with van der Waals surface area (Å²) in [6.07, 6.45) is 14.1. The van der Waals surface area contributed by atoms with Crippen LogP contribution in [-0.4, -0.2) is 19.4 Å². The summed E-state index contributed by atoms with van der Waals surface area (Å²) < 4.78 is 0. The molecule has 0 heterocycles. The molecule has 0 atom stereocenters. The Morgan fingerprint density at radius 2 is 1.29 bits per heavy atom. The Morgan fingerprint density at radius 1 is 0.824 bits per heavy atom. The molecule has 1 N–H and O–H groups in total. The summed E-state index contributed by atoms with van der Waals surface area (Å²) >= 11 is 0. The summed E-state index contributed by atoms with van der Waals surface area (Å²) in [7, 11) is 1.83. The zero-order valence-electron chi connectivity index (χ0n) is 11.9. The van der Waals surface area contributed by atoms with E-state index in [4.69, 9.17) is 0 Å². The Balaban J connectivity index is 3.01. The van der Waals surface area contributed by atoms with Crippen LogP contribution in [0.2, 0.25) is 0 Å². The smallest absolute Gasteiger partial charge is 0.146 e. The molecule has 2 nitrogen and oxygen atoms in total. The minimum Gasteiger partial charge on any atom is -0.313 e. The average molecular weight is 241 g/mol. The number of likely N-dealkylation sites (N-methyl/N-ethyl adjacent to an activating group) is 1. The number of carbonyl (C=O) groups is 1. The third kappa shape index (κ3) is 13.6. The Morgan fingerprint density at radius 3 is 1.76 bits per heavy atom. The van der Waals surface area contributed by atoms with Gasteiger partial charge in [0, 0.05) is 6.42 Å². The van der Waals surface area contributed by atoms with Gasteiger partial charge in [-0.05, 0) is 13.5 Å². The quantitative estimate of drug-likeness (QED) is 0.492. The van der Waals surface area contributed by atoms with Crippen molar-refractivity contribution in [1.82, 2.24) is 5.32 Å². The lowest BCUT2D eigenvalue weighted by molar-refractivity contribution is -0.118. The fourth-order valence-electron chi connectivity index (χ4n) is 2.10. The summed E-state index contributed by atoms with van der Waals surface area (Å²) in [6.45, 7) is 2.80. The maximum absolute atomic E-state index is 11.2. The highest BCUT2D eigenvalue weighted by molar-refractivity contribution is 5.80. The topological polar surface area (TPSA) is 29.1 Å². The largest absolute Gasteiger partial charge is 0.313 e. The molecule has 0 aromatic heterocycles. The average Bonchev–Trinajstić information content (AvgIpc) is 2.32. The molecule has 2 heteroatoms. The fourth-order valence-corrected chi connectivity index (χ4v) is 2.10. The number of Topliss-reactive ketones (excluding diaryl/α,β-unsaturated/α-hetero) is 1. The van der Waals surface area contributed by atoms with Crippen LogP contribution in [0.15, 0.2) is 0 Å². The molecule has 0 saturated heterocycles. The van der Waals surface area contributed by atoms with Gasteiger partial charge in [-0.3, -0.25) is 4.79 Å². The number of hydrogen-bond acceptors (Lipinski definition) is 2. The number of carbonyl (C=O) groups excluding carboxylic acids is 1. The van der Waals surface area contributed by atoms with Crippen molar-refractivity contribution in [3.05, 3.63) is 0 Å². The van der Waals surface area contributed by atoms with Gasteiger partial charge >= 0.3 is 0 Å². The van der Waals surface area contributed by atoms with Crippen LogP contribution >= 0.6 is 0 Å². The van der Waals surface area contributed by atoms with Crippen molar-refractivity contribution >= 4 is 5.78 Å². The van der Waals surface area contributed by atoms with E-state index in [-0.39, 0.29) is 0 Å². The summed E-state index contributed by atoms with van der Waals surface area (Å²) in [6, 6.07) is 0. The molecule has 0 radical (unpaired) electrons. The normalized spacial score (nSPS) is 10.7. The number of rotatable bonds is 13. The molecule has 0 spiro atoms. The molecular weight excluding hydrogens is 210 g/mol. The van der Waals surface area contributed by atoms with Gasteiger partial charge in [-0.25, -0.2) is 0 Å². The predicted molar refractivity (Wildman–Crippen MR) is 75.4 cm³/mol. The lowest BCUT2D eigenvalue weighted by atomic mass is 10.1. The van der Waals surface area contributed by atoms with Crippen LogP contribution in [0.3, 0.4) is 0 Å². The van der Waals surface area contributed by atoms with Crippen molar-refractivity contribution < 1.29 is 4.79 Å². The first-order chi connectivity index (χ1) is 8.31. The molecule has 0 aliphatic rings. The van der Waals surface area contributed by atoms with E-state index < -0.39 is 0 Å². The number of hydrogen-bond donors (Lipinski definition) is 1. The first kappa shape index (κ1) is 16.6. The molecular formula is C15H31NO. The molecule has 0 aromatic carbocycles. The zero-order chi connectivity index (χ0) is 12.8. The van der Waals surface area contributed by atoms with Crippen LogP contribution in [0, 0.1) is 0 Å². The molecule has 102 valence electrons. The Labute approximate surface area is 108 Å². The molecule has 0 saturated carbocycles. The third-order valence-electron chi connectivity index (χ3n) is 3.18. The maximum Gasteiger partial charge on any atom is 0.146 e. The summed E-state index contributed by atoms with van der Waals surface area (Å²) in [5, 5.41) is 2.90. The van der Waals surface area contributed by atoms with E-state index in [1.807, 2.05) is 7.05 Å². The van der Waals surface area contributed by atoms with E-state index >= 15 is 0 Å². The number of unbranched alkanes of at least 4 members (excludes halogenated alkanes) is 9. The highest BCUT2D eigenvalue weighted by Crippen LogP contribution is 2.11. The van der Waals surface area contributed by atoms with Gasteiger partial charge < -0.3 is 5.32 Å². The van der Waals surface area contributed by atoms with Gasteiger partial charge in [-0.1, -0.05) is 64.7 Å². The second-order valence-electron chi connectivity index (χ2n) is 5.00. The third-order valence-corrected chi connectivity index (χ3v) is 3.18. The lowest BCUT2D eigenvalue weighted by Crippen LogP contribution is -2.17. The minimum atomic E-state index is 0.354. The predicted octanol–water partition coefficient (Wildman–Crippen LogP) is 4.09. The van der Waals surface area contributed by atoms with Crippen LogP contribution in [0.1, 0.15) is 77.6 Å². The van der Waals surface area contributed by atoms with Crippen LogP contribution in [-0.2, 0) is 4.79 Å². The molecule has 0 unspecified atom stereocenters. The van der Waals surface area contributed by atoms with E-state index in [1.54, 1.807) is 0 Å². The monoisotopic (exact) mass is 241 g/mol. The molecule has 17 heavy (non-hydrogen) atoms. The van der Waals surface area contributed by atoms with Gasteiger partial charge in [0.1, 0.15) is 5.78 Å². The Hall–Kier alpha value is -0.370. The van der Waals surface area contributed by atoms with Crippen molar-refractivity contribution in [2.24, 2.45) is 0 Å². The van der Waals surface area contributed by atoms with Crippen molar-refractivity contribution in [3.63, 3.8) is 0 Å². The number of nitrogens with one attached hydrogen (secondary N) is 1. The van der Waals surface area contributed by atoms with E-state index in [0.29, 0.717) is 12.3 Å². The molecule has 0 amide bonds. The van der Waals surface area contributed by atoms with Gasteiger partial charge in [0.2, 0.25) is 0 Å². The first-order valence-corrected chi connectivity index (χ1v) is 7.47. The Kier molecular flexibility index (Phi) is 13.4. The Bertz CT molecular complexity index is 168. The highest BCUT2D eigenvalue weighted by Gasteiger charge is 1.99. The summed E-state index contributed by atoms with van der Waals surface area (Å²) in [4.78, 5) is 11.2. The number of ketones is 1.